The quantitative estimate of drug-likeness (QED) is 0.338. The van der Waals surface area contributed by atoms with Crippen LogP contribution in [0.2, 0.25) is 0 Å². The first-order valence-corrected chi connectivity index (χ1v) is 12.2. The van der Waals surface area contributed by atoms with Crippen LogP contribution in [0.1, 0.15) is 5.69 Å². The number of aryl methyl sites for hydroxylation is 1. The van der Waals surface area contributed by atoms with Crippen LogP contribution in [0.25, 0.3) is 16.2 Å². The van der Waals surface area contributed by atoms with Gasteiger partial charge in [0.1, 0.15) is 11.5 Å². The second-order valence-electron chi connectivity index (χ2n) is 7.23. The minimum Gasteiger partial charge on any atom is -0.457 e. The number of imidazole rings is 1. The number of hydrogen-bond donors (Lipinski definition) is 1. The number of ether oxygens (including phenoxy) is 1. The summed E-state index contributed by atoms with van der Waals surface area (Å²) in [4.78, 5) is 5.72. The minimum atomic E-state index is -3.72. The number of rotatable bonds is 6. The lowest BCUT2D eigenvalue weighted by Crippen LogP contribution is -2.12. The Morgan fingerprint density at radius 2 is 1.59 bits per heavy atom. The van der Waals surface area contributed by atoms with Crippen molar-refractivity contribution in [1.29, 1.82) is 0 Å². The Labute approximate surface area is 189 Å². The van der Waals surface area contributed by atoms with Gasteiger partial charge in [0.05, 0.1) is 10.6 Å². The van der Waals surface area contributed by atoms with Gasteiger partial charge in [0.15, 0.2) is 4.96 Å². The zero-order chi connectivity index (χ0) is 22.1. The van der Waals surface area contributed by atoms with Gasteiger partial charge in [-0.05, 0) is 55.5 Å². The van der Waals surface area contributed by atoms with Gasteiger partial charge in [-0.1, -0.05) is 30.3 Å². The lowest BCUT2D eigenvalue weighted by molar-refractivity contribution is 0.482. The van der Waals surface area contributed by atoms with Crippen LogP contribution in [-0.4, -0.2) is 17.8 Å². The molecule has 0 saturated heterocycles. The zero-order valence-corrected chi connectivity index (χ0v) is 18.7. The van der Waals surface area contributed by atoms with Crippen molar-refractivity contribution in [2.45, 2.75) is 11.8 Å². The fraction of sp³-hybridized carbons (Fsp3) is 0.0417. The summed E-state index contributed by atoms with van der Waals surface area (Å²) >= 11 is 1.59. The van der Waals surface area contributed by atoms with Crippen molar-refractivity contribution in [3.63, 3.8) is 0 Å². The molecule has 0 atom stereocenters. The number of nitrogens with one attached hydrogen (secondary N) is 1. The molecule has 0 bridgehead atoms. The molecule has 0 aliphatic heterocycles. The topological polar surface area (TPSA) is 72.7 Å². The fourth-order valence-corrected chi connectivity index (χ4v) is 5.18. The lowest BCUT2D eigenvalue weighted by atomic mass is 10.1. The molecule has 0 aliphatic rings. The normalized spacial score (nSPS) is 11.5. The van der Waals surface area contributed by atoms with Gasteiger partial charge < -0.3 is 4.74 Å². The molecule has 0 unspecified atom stereocenters. The van der Waals surface area contributed by atoms with Crippen molar-refractivity contribution in [3.05, 3.63) is 96.1 Å². The standard InChI is InChI=1S/C24H19N3O3S2/c1-17-16-31-24-25-23(15-27(17)24)18-7-9-19(10-8-18)26-32(28,29)22-13-11-21(12-14-22)30-20-5-3-2-4-6-20/h2-16,26H,1H3. The van der Waals surface area contributed by atoms with E-state index in [2.05, 4.69) is 15.1 Å². The van der Waals surface area contributed by atoms with Crippen LogP contribution in [0.3, 0.4) is 0 Å². The van der Waals surface area contributed by atoms with Crippen LogP contribution >= 0.6 is 11.3 Å². The molecule has 5 rings (SSSR count). The third-order valence-corrected chi connectivity index (χ3v) is 7.29. The van der Waals surface area contributed by atoms with E-state index in [9.17, 15) is 8.42 Å². The molecule has 0 saturated carbocycles. The third-order valence-electron chi connectivity index (χ3n) is 4.93. The lowest BCUT2D eigenvalue weighted by Gasteiger charge is -2.10. The van der Waals surface area contributed by atoms with Crippen molar-refractivity contribution in [3.8, 4) is 22.8 Å². The molecule has 0 amide bonds. The molecule has 160 valence electrons. The largest absolute Gasteiger partial charge is 0.457 e. The first kappa shape index (κ1) is 20.3. The van der Waals surface area contributed by atoms with Crippen LogP contribution in [0.5, 0.6) is 11.5 Å². The Bertz CT molecular complexity index is 1470. The van der Waals surface area contributed by atoms with Crippen molar-refractivity contribution >= 4 is 32.0 Å². The van der Waals surface area contributed by atoms with E-state index in [1.54, 1.807) is 35.6 Å². The second kappa shape index (κ2) is 8.14. The summed E-state index contributed by atoms with van der Waals surface area (Å²) in [6, 6.07) is 22.8. The maximum Gasteiger partial charge on any atom is 0.261 e. The molecule has 2 aromatic heterocycles. The van der Waals surface area contributed by atoms with Crippen LogP contribution in [0, 0.1) is 6.92 Å². The van der Waals surface area contributed by atoms with Crippen LogP contribution in [0.15, 0.2) is 95.3 Å². The Hall–Kier alpha value is -3.62. The third kappa shape index (κ3) is 4.10. The summed E-state index contributed by atoms with van der Waals surface area (Å²) in [5.41, 5.74) is 3.39. The molecule has 0 aliphatic carbocycles. The number of fused-ring (bicyclic) bond motifs is 1. The number of aromatic nitrogens is 2. The Morgan fingerprint density at radius 1 is 0.906 bits per heavy atom. The van der Waals surface area contributed by atoms with Gasteiger partial charge in [-0.25, -0.2) is 13.4 Å². The van der Waals surface area contributed by atoms with E-state index in [-0.39, 0.29) is 4.90 Å². The molecular weight excluding hydrogens is 442 g/mol. The van der Waals surface area contributed by atoms with Gasteiger partial charge in [-0.3, -0.25) is 9.12 Å². The first-order valence-electron chi connectivity index (χ1n) is 9.87. The van der Waals surface area contributed by atoms with Crippen LogP contribution < -0.4 is 9.46 Å². The summed E-state index contributed by atoms with van der Waals surface area (Å²) in [6.07, 6.45) is 1.99. The summed E-state index contributed by atoms with van der Waals surface area (Å²) in [7, 11) is -3.72. The monoisotopic (exact) mass is 461 g/mol. The highest BCUT2D eigenvalue weighted by Crippen LogP contribution is 2.26. The highest BCUT2D eigenvalue weighted by atomic mass is 32.2. The van der Waals surface area contributed by atoms with Crippen molar-refractivity contribution in [2.75, 3.05) is 4.72 Å². The highest BCUT2D eigenvalue weighted by molar-refractivity contribution is 7.92. The van der Waals surface area contributed by atoms with Crippen molar-refractivity contribution in [2.24, 2.45) is 0 Å². The first-order chi connectivity index (χ1) is 15.5. The molecular formula is C24H19N3O3S2. The summed E-state index contributed by atoms with van der Waals surface area (Å²) in [5.74, 6) is 1.25. The minimum absolute atomic E-state index is 0.159. The molecule has 0 radical (unpaired) electrons. The Morgan fingerprint density at radius 3 is 2.28 bits per heavy atom. The maximum absolute atomic E-state index is 12.8. The van der Waals surface area contributed by atoms with Crippen LogP contribution in [-0.2, 0) is 10.0 Å². The fourth-order valence-electron chi connectivity index (χ4n) is 3.27. The summed E-state index contributed by atoms with van der Waals surface area (Å²) in [6.45, 7) is 2.03. The van der Waals surface area contributed by atoms with Gasteiger partial charge >= 0.3 is 0 Å². The van der Waals surface area contributed by atoms with E-state index in [4.69, 9.17) is 4.74 Å². The summed E-state index contributed by atoms with van der Waals surface area (Å²) in [5, 5.41) is 2.06. The van der Waals surface area contributed by atoms with Gasteiger partial charge in [0.25, 0.3) is 10.0 Å². The average molecular weight is 462 g/mol. The number of anilines is 1. The molecule has 1 N–H and O–H groups in total. The second-order valence-corrected chi connectivity index (χ2v) is 9.74. The number of hydrogen-bond acceptors (Lipinski definition) is 5. The molecule has 0 fully saturated rings. The van der Waals surface area contributed by atoms with Gasteiger partial charge in [-0.2, -0.15) is 0 Å². The Kier molecular flexibility index (Phi) is 5.16. The van der Waals surface area contributed by atoms with Crippen LogP contribution in [0.4, 0.5) is 5.69 Å². The van der Waals surface area contributed by atoms with Gasteiger partial charge in [0, 0.05) is 28.5 Å². The zero-order valence-electron chi connectivity index (χ0n) is 17.1. The molecule has 5 aromatic rings. The molecule has 8 heteroatoms. The average Bonchev–Trinajstić information content (AvgIpc) is 3.37. The van der Waals surface area contributed by atoms with Gasteiger partial charge in [-0.15, -0.1) is 11.3 Å². The number of thiazole rings is 1. The van der Waals surface area contributed by atoms with E-state index in [0.717, 1.165) is 21.9 Å². The molecule has 0 spiro atoms. The number of nitrogens with zero attached hydrogens (tertiary/aromatic N) is 2. The van der Waals surface area contributed by atoms with E-state index >= 15 is 0 Å². The van der Waals surface area contributed by atoms with E-state index in [1.165, 1.54) is 12.1 Å². The number of benzene rings is 3. The number of para-hydroxylation sites is 1. The molecule has 3 aromatic carbocycles. The van der Waals surface area contributed by atoms with E-state index in [1.807, 2.05) is 60.0 Å². The predicted octanol–water partition coefficient (Wildman–Crippen LogP) is 5.96. The molecule has 32 heavy (non-hydrogen) atoms. The maximum atomic E-state index is 12.8. The van der Waals surface area contributed by atoms with Crippen molar-refractivity contribution < 1.29 is 13.2 Å². The van der Waals surface area contributed by atoms with Crippen molar-refractivity contribution in [1.82, 2.24) is 9.38 Å². The Balaban J connectivity index is 1.30. The number of sulfonamides is 1. The van der Waals surface area contributed by atoms with E-state index < -0.39 is 10.0 Å². The molecule has 2 heterocycles. The van der Waals surface area contributed by atoms with Gasteiger partial charge in [0.2, 0.25) is 0 Å². The SMILES string of the molecule is Cc1csc2nc(-c3ccc(NS(=O)(=O)c4ccc(Oc5ccccc5)cc4)cc3)cn12. The smallest absolute Gasteiger partial charge is 0.261 e. The molecule has 6 nitrogen and oxygen atoms in total. The highest BCUT2D eigenvalue weighted by Gasteiger charge is 2.15. The summed E-state index contributed by atoms with van der Waals surface area (Å²) < 4.78 is 35.9. The van der Waals surface area contributed by atoms with E-state index in [0.29, 0.717) is 17.2 Å². The predicted molar refractivity (Wildman–Crippen MR) is 127 cm³/mol.